The summed E-state index contributed by atoms with van der Waals surface area (Å²) in [6.07, 6.45) is 2.03. The Morgan fingerprint density at radius 2 is 2.06 bits per heavy atom. The molecule has 0 heterocycles. The first-order chi connectivity index (χ1) is 7.84. The Morgan fingerprint density at radius 3 is 2.47 bits per heavy atom. The van der Waals surface area contributed by atoms with Crippen molar-refractivity contribution in [2.75, 3.05) is 0 Å². The summed E-state index contributed by atoms with van der Waals surface area (Å²) >= 11 is 0. The molecular weight excluding hydrogens is 220 g/mol. The molecule has 0 spiro atoms. The highest BCUT2D eigenvalue weighted by Crippen LogP contribution is 2.56. The second kappa shape index (κ2) is 3.86. The molecule has 4 nitrogen and oxygen atoms in total. The molecule has 1 N–H and O–H groups in total. The summed E-state index contributed by atoms with van der Waals surface area (Å²) in [6, 6.07) is 0. The molecule has 2 fully saturated rings. The molecule has 17 heavy (non-hydrogen) atoms. The average molecular weight is 238 g/mol. The normalized spacial score (nSPS) is 39.1. The van der Waals surface area contributed by atoms with Gasteiger partial charge in [-0.05, 0) is 44.9 Å². The number of carboxylic acid groups (broad SMARTS) is 1. The SMILES string of the molecule is C=C(C)C(=O)OC1CC2CC1CC2(C)C(=O)O. The first-order valence-corrected chi connectivity index (χ1v) is 5.94. The highest BCUT2D eigenvalue weighted by molar-refractivity contribution is 5.87. The molecule has 0 aromatic heterocycles. The molecule has 0 radical (unpaired) electrons. The second-order valence-electron chi connectivity index (χ2n) is 5.58. The van der Waals surface area contributed by atoms with Crippen LogP contribution in [0.1, 0.15) is 33.1 Å². The number of carboxylic acids is 1. The van der Waals surface area contributed by atoms with Gasteiger partial charge in [0.25, 0.3) is 0 Å². The standard InChI is InChI=1S/C13H18O4/c1-7(2)11(14)17-10-5-9-4-8(10)6-13(9,3)12(15)16/h8-10H,1,4-6H2,2-3H3,(H,15,16). The monoisotopic (exact) mass is 238 g/mol. The van der Waals surface area contributed by atoms with Gasteiger partial charge in [0, 0.05) is 5.57 Å². The van der Waals surface area contributed by atoms with Crippen molar-refractivity contribution in [2.45, 2.75) is 39.2 Å². The lowest BCUT2D eigenvalue weighted by atomic mass is 9.74. The lowest BCUT2D eigenvalue weighted by Gasteiger charge is -2.33. The van der Waals surface area contributed by atoms with Crippen LogP contribution in [0.15, 0.2) is 12.2 Å². The van der Waals surface area contributed by atoms with E-state index in [9.17, 15) is 14.7 Å². The predicted octanol–water partition coefficient (Wildman–Crippen LogP) is 2.00. The third kappa shape index (κ3) is 1.85. The molecule has 0 saturated heterocycles. The van der Waals surface area contributed by atoms with E-state index in [-0.39, 0.29) is 23.9 Å². The topological polar surface area (TPSA) is 63.6 Å². The predicted molar refractivity (Wildman–Crippen MR) is 61.3 cm³/mol. The number of esters is 1. The maximum Gasteiger partial charge on any atom is 0.333 e. The largest absolute Gasteiger partial charge is 0.481 e. The van der Waals surface area contributed by atoms with E-state index in [0.29, 0.717) is 18.4 Å². The van der Waals surface area contributed by atoms with Crippen LogP contribution in [0.5, 0.6) is 0 Å². The number of rotatable bonds is 3. The first kappa shape index (κ1) is 12.1. The number of carbonyl (C=O) groups excluding carboxylic acids is 1. The molecule has 94 valence electrons. The van der Waals surface area contributed by atoms with Crippen LogP contribution in [0.3, 0.4) is 0 Å². The van der Waals surface area contributed by atoms with Crippen molar-refractivity contribution in [1.29, 1.82) is 0 Å². The summed E-state index contributed by atoms with van der Waals surface area (Å²) in [5.41, 5.74) is -0.231. The van der Waals surface area contributed by atoms with Crippen LogP contribution in [0, 0.1) is 17.3 Å². The molecule has 2 rings (SSSR count). The summed E-state index contributed by atoms with van der Waals surface area (Å²) in [4.78, 5) is 22.7. The van der Waals surface area contributed by atoms with Gasteiger partial charge in [-0.25, -0.2) is 4.79 Å². The van der Waals surface area contributed by atoms with Gasteiger partial charge in [0.05, 0.1) is 5.41 Å². The molecule has 4 heteroatoms. The summed E-state index contributed by atoms with van der Waals surface area (Å²) in [5.74, 6) is -0.758. The van der Waals surface area contributed by atoms with E-state index in [1.165, 1.54) is 0 Å². The molecule has 2 aliphatic rings. The van der Waals surface area contributed by atoms with E-state index in [1.807, 2.05) is 0 Å². The van der Waals surface area contributed by atoms with Crippen LogP contribution in [-0.4, -0.2) is 23.1 Å². The third-order valence-electron chi connectivity index (χ3n) is 4.31. The zero-order valence-electron chi connectivity index (χ0n) is 10.2. The molecule has 2 saturated carbocycles. The number of hydrogen-bond donors (Lipinski definition) is 1. The molecule has 2 bridgehead atoms. The number of hydrogen-bond acceptors (Lipinski definition) is 3. The van der Waals surface area contributed by atoms with Gasteiger partial charge in [0.2, 0.25) is 0 Å². The minimum absolute atomic E-state index is 0.114. The van der Waals surface area contributed by atoms with Crippen molar-refractivity contribution in [1.82, 2.24) is 0 Å². The molecule has 4 unspecified atom stereocenters. The van der Waals surface area contributed by atoms with Gasteiger partial charge < -0.3 is 9.84 Å². The van der Waals surface area contributed by atoms with Gasteiger partial charge in [-0.15, -0.1) is 0 Å². The first-order valence-electron chi connectivity index (χ1n) is 5.94. The van der Waals surface area contributed by atoms with E-state index >= 15 is 0 Å². The van der Waals surface area contributed by atoms with Gasteiger partial charge in [-0.2, -0.15) is 0 Å². The maximum absolute atomic E-state index is 11.4. The van der Waals surface area contributed by atoms with E-state index < -0.39 is 11.4 Å². The van der Waals surface area contributed by atoms with Crippen LogP contribution in [-0.2, 0) is 14.3 Å². The molecular formula is C13H18O4. The van der Waals surface area contributed by atoms with Gasteiger partial charge in [0.15, 0.2) is 0 Å². The summed E-state index contributed by atoms with van der Waals surface area (Å²) < 4.78 is 5.35. The third-order valence-corrected chi connectivity index (χ3v) is 4.31. The van der Waals surface area contributed by atoms with E-state index in [1.54, 1.807) is 13.8 Å². The van der Waals surface area contributed by atoms with Crippen molar-refractivity contribution in [3.8, 4) is 0 Å². The van der Waals surface area contributed by atoms with Crippen LogP contribution in [0.4, 0.5) is 0 Å². The van der Waals surface area contributed by atoms with Gasteiger partial charge in [-0.3, -0.25) is 4.79 Å². The van der Waals surface area contributed by atoms with Crippen LogP contribution >= 0.6 is 0 Å². The Hall–Kier alpha value is -1.32. The van der Waals surface area contributed by atoms with Crippen LogP contribution in [0.25, 0.3) is 0 Å². The lowest BCUT2D eigenvalue weighted by Crippen LogP contribution is -2.38. The Labute approximate surface area is 101 Å². The number of aliphatic carboxylic acids is 1. The maximum atomic E-state index is 11.4. The fourth-order valence-electron chi connectivity index (χ4n) is 3.18. The Morgan fingerprint density at radius 1 is 1.41 bits per heavy atom. The van der Waals surface area contributed by atoms with E-state index in [0.717, 1.165) is 6.42 Å². The second-order valence-corrected chi connectivity index (χ2v) is 5.58. The van der Waals surface area contributed by atoms with Gasteiger partial charge in [-0.1, -0.05) is 6.58 Å². The number of fused-ring (bicyclic) bond motifs is 2. The zero-order valence-corrected chi connectivity index (χ0v) is 10.2. The Balaban J connectivity index is 2.01. The van der Waals surface area contributed by atoms with Crippen molar-refractivity contribution < 1.29 is 19.4 Å². The lowest BCUT2D eigenvalue weighted by molar-refractivity contribution is -0.155. The highest BCUT2D eigenvalue weighted by atomic mass is 16.5. The minimum Gasteiger partial charge on any atom is -0.481 e. The molecule has 0 aromatic carbocycles. The molecule has 4 atom stereocenters. The smallest absolute Gasteiger partial charge is 0.333 e. The molecule has 2 aliphatic carbocycles. The summed E-state index contributed by atoms with van der Waals surface area (Å²) in [7, 11) is 0. The summed E-state index contributed by atoms with van der Waals surface area (Å²) in [6.45, 7) is 6.97. The van der Waals surface area contributed by atoms with E-state index in [4.69, 9.17) is 4.74 Å². The van der Waals surface area contributed by atoms with Crippen LogP contribution in [0.2, 0.25) is 0 Å². The van der Waals surface area contributed by atoms with E-state index in [2.05, 4.69) is 6.58 Å². The van der Waals surface area contributed by atoms with Crippen molar-refractivity contribution in [2.24, 2.45) is 17.3 Å². The quantitative estimate of drug-likeness (QED) is 0.603. The highest BCUT2D eigenvalue weighted by Gasteiger charge is 2.57. The van der Waals surface area contributed by atoms with Crippen LogP contribution < -0.4 is 0 Å². The van der Waals surface area contributed by atoms with Crippen molar-refractivity contribution >= 4 is 11.9 Å². The fraction of sp³-hybridized carbons (Fsp3) is 0.692. The van der Waals surface area contributed by atoms with Gasteiger partial charge in [0.1, 0.15) is 6.10 Å². The van der Waals surface area contributed by atoms with Crippen molar-refractivity contribution in [3.05, 3.63) is 12.2 Å². The summed E-state index contributed by atoms with van der Waals surface area (Å²) in [5, 5.41) is 9.23. The molecule has 0 aromatic rings. The minimum atomic E-state index is -0.727. The average Bonchev–Trinajstić information content (AvgIpc) is 2.74. The molecule has 0 aliphatic heterocycles. The van der Waals surface area contributed by atoms with Crippen molar-refractivity contribution in [3.63, 3.8) is 0 Å². The van der Waals surface area contributed by atoms with Gasteiger partial charge >= 0.3 is 11.9 Å². The Bertz CT molecular complexity index is 387. The molecule has 0 amide bonds. The number of ether oxygens (including phenoxy) is 1. The fourth-order valence-corrected chi connectivity index (χ4v) is 3.18. The zero-order chi connectivity index (χ0) is 12.8. The Kier molecular flexibility index (Phi) is 2.76. The number of carbonyl (C=O) groups is 2.